The van der Waals surface area contributed by atoms with Gasteiger partial charge in [0.2, 0.25) is 0 Å². The average Bonchev–Trinajstić information content (AvgIpc) is 2.16. The molecular formula is C9H17NO3. The van der Waals surface area contributed by atoms with Crippen LogP contribution in [0.25, 0.3) is 0 Å². The summed E-state index contributed by atoms with van der Waals surface area (Å²) in [5.74, 6) is -0.280. The standard InChI is InChI=1S/C9H17NO3/c1-13-9(12)6-10-7-4-2-3-5-8(7)11/h7-8,10-11H,2-6H2,1H3. The van der Waals surface area contributed by atoms with E-state index >= 15 is 0 Å². The molecule has 0 saturated heterocycles. The van der Waals surface area contributed by atoms with Crippen molar-refractivity contribution in [1.29, 1.82) is 0 Å². The molecule has 1 aliphatic rings. The van der Waals surface area contributed by atoms with Crippen LogP contribution in [0.5, 0.6) is 0 Å². The first-order valence-corrected chi connectivity index (χ1v) is 4.72. The van der Waals surface area contributed by atoms with Crippen LogP contribution in [-0.2, 0) is 9.53 Å². The van der Waals surface area contributed by atoms with E-state index in [1.165, 1.54) is 7.11 Å². The van der Waals surface area contributed by atoms with Gasteiger partial charge in [-0.2, -0.15) is 0 Å². The molecule has 0 bridgehead atoms. The van der Waals surface area contributed by atoms with Gasteiger partial charge in [-0.05, 0) is 12.8 Å². The van der Waals surface area contributed by atoms with Gasteiger partial charge in [-0.15, -0.1) is 0 Å². The van der Waals surface area contributed by atoms with Gasteiger partial charge in [-0.1, -0.05) is 12.8 Å². The van der Waals surface area contributed by atoms with Crippen LogP contribution in [0.4, 0.5) is 0 Å². The van der Waals surface area contributed by atoms with E-state index in [-0.39, 0.29) is 24.7 Å². The minimum absolute atomic E-state index is 0.0628. The van der Waals surface area contributed by atoms with E-state index in [1.807, 2.05) is 0 Å². The van der Waals surface area contributed by atoms with Crippen LogP contribution in [-0.4, -0.2) is 36.9 Å². The summed E-state index contributed by atoms with van der Waals surface area (Å²) in [7, 11) is 1.36. The molecule has 76 valence electrons. The maximum Gasteiger partial charge on any atom is 0.319 e. The molecule has 0 aromatic carbocycles. The van der Waals surface area contributed by atoms with Crippen LogP contribution in [0.3, 0.4) is 0 Å². The van der Waals surface area contributed by atoms with Crippen molar-refractivity contribution in [3.05, 3.63) is 0 Å². The topological polar surface area (TPSA) is 58.6 Å². The zero-order chi connectivity index (χ0) is 9.68. The zero-order valence-electron chi connectivity index (χ0n) is 7.95. The molecule has 4 nitrogen and oxygen atoms in total. The summed E-state index contributed by atoms with van der Waals surface area (Å²) in [4.78, 5) is 10.8. The van der Waals surface area contributed by atoms with Gasteiger partial charge in [-0.25, -0.2) is 0 Å². The van der Waals surface area contributed by atoms with E-state index in [0.717, 1.165) is 25.7 Å². The lowest BCUT2D eigenvalue weighted by atomic mass is 9.93. The molecule has 0 aliphatic heterocycles. The smallest absolute Gasteiger partial charge is 0.319 e. The summed E-state index contributed by atoms with van der Waals surface area (Å²) in [6.07, 6.45) is 3.67. The third-order valence-corrected chi connectivity index (χ3v) is 2.47. The molecular weight excluding hydrogens is 170 g/mol. The normalized spacial score (nSPS) is 28.5. The second-order valence-corrected chi connectivity index (χ2v) is 3.42. The molecule has 1 fully saturated rings. The van der Waals surface area contributed by atoms with Gasteiger partial charge in [0.15, 0.2) is 0 Å². The lowest BCUT2D eigenvalue weighted by Gasteiger charge is -2.27. The molecule has 0 aromatic heterocycles. The third kappa shape index (κ3) is 3.32. The summed E-state index contributed by atoms with van der Waals surface area (Å²) in [5, 5.41) is 12.5. The Bertz CT molecular complexity index is 172. The number of hydrogen-bond acceptors (Lipinski definition) is 4. The Kier molecular flexibility index (Phi) is 4.18. The lowest BCUT2D eigenvalue weighted by Crippen LogP contribution is -2.44. The Labute approximate surface area is 78.3 Å². The van der Waals surface area contributed by atoms with Crippen molar-refractivity contribution in [2.75, 3.05) is 13.7 Å². The second-order valence-electron chi connectivity index (χ2n) is 3.42. The van der Waals surface area contributed by atoms with Crippen molar-refractivity contribution < 1.29 is 14.6 Å². The van der Waals surface area contributed by atoms with Gasteiger partial charge in [0.25, 0.3) is 0 Å². The molecule has 2 N–H and O–H groups in total. The Morgan fingerprint density at radius 1 is 1.54 bits per heavy atom. The van der Waals surface area contributed by atoms with Crippen LogP contribution < -0.4 is 5.32 Å². The number of esters is 1. The molecule has 0 radical (unpaired) electrons. The Hall–Kier alpha value is -0.610. The molecule has 2 unspecified atom stereocenters. The number of methoxy groups -OCH3 is 1. The highest BCUT2D eigenvalue weighted by Crippen LogP contribution is 2.17. The lowest BCUT2D eigenvalue weighted by molar-refractivity contribution is -0.139. The van der Waals surface area contributed by atoms with Gasteiger partial charge < -0.3 is 15.2 Å². The first kappa shape index (κ1) is 10.5. The highest BCUT2D eigenvalue weighted by Gasteiger charge is 2.22. The van der Waals surface area contributed by atoms with Crippen LogP contribution in [0.15, 0.2) is 0 Å². The fourth-order valence-electron chi connectivity index (χ4n) is 1.64. The summed E-state index contributed by atoms with van der Waals surface area (Å²) in [5.41, 5.74) is 0. The van der Waals surface area contributed by atoms with Crippen LogP contribution in [0.1, 0.15) is 25.7 Å². The fourth-order valence-corrected chi connectivity index (χ4v) is 1.64. The minimum Gasteiger partial charge on any atom is -0.468 e. The Morgan fingerprint density at radius 3 is 2.85 bits per heavy atom. The molecule has 1 aliphatic carbocycles. The summed E-state index contributed by atoms with van der Waals surface area (Å²) in [6, 6.07) is 0.0628. The Balaban J connectivity index is 2.22. The molecule has 0 heterocycles. The van der Waals surface area contributed by atoms with Gasteiger partial charge in [-0.3, -0.25) is 4.79 Å². The van der Waals surface area contributed by atoms with Crippen molar-refractivity contribution in [3.63, 3.8) is 0 Å². The van der Waals surface area contributed by atoms with E-state index in [2.05, 4.69) is 10.1 Å². The number of nitrogens with one attached hydrogen (secondary N) is 1. The molecule has 13 heavy (non-hydrogen) atoms. The molecule has 4 heteroatoms. The predicted octanol–water partition coefficient (Wildman–Crippen LogP) is 0.0525. The zero-order valence-corrected chi connectivity index (χ0v) is 7.95. The van der Waals surface area contributed by atoms with Crippen molar-refractivity contribution in [2.45, 2.75) is 37.8 Å². The van der Waals surface area contributed by atoms with E-state index in [1.54, 1.807) is 0 Å². The van der Waals surface area contributed by atoms with E-state index in [0.29, 0.717) is 0 Å². The highest BCUT2D eigenvalue weighted by atomic mass is 16.5. The number of hydrogen-bond donors (Lipinski definition) is 2. The number of aliphatic hydroxyl groups excluding tert-OH is 1. The number of aliphatic hydroxyl groups is 1. The molecule has 0 amide bonds. The number of ether oxygens (including phenoxy) is 1. The van der Waals surface area contributed by atoms with E-state index in [9.17, 15) is 9.90 Å². The molecule has 0 spiro atoms. The largest absolute Gasteiger partial charge is 0.468 e. The highest BCUT2D eigenvalue weighted by molar-refractivity contribution is 5.71. The first-order chi connectivity index (χ1) is 6.24. The quantitative estimate of drug-likeness (QED) is 0.613. The van der Waals surface area contributed by atoms with E-state index in [4.69, 9.17) is 0 Å². The fraction of sp³-hybridized carbons (Fsp3) is 0.889. The number of carbonyl (C=O) groups is 1. The number of rotatable bonds is 3. The third-order valence-electron chi connectivity index (χ3n) is 2.47. The maximum atomic E-state index is 10.8. The Morgan fingerprint density at radius 2 is 2.23 bits per heavy atom. The first-order valence-electron chi connectivity index (χ1n) is 4.72. The van der Waals surface area contributed by atoms with E-state index < -0.39 is 0 Å². The summed E-state index contributed by atoms with van der Waals surface area (Å²) in [6.45, 7) is 0.193. The number of carbonyl (C=O) groups excluding carboxylic acids is 1. The van der Waals surface area contributed by atoms with Crippen molar-refractivity contribution >= 4 is 5.97 Å². The van der Waals surface area contributed by atoms with Crippen molar-refractivity contribution in [3.8, 4) is 0 Å². The van der Waals surface area contributed by atoms with Gasteiger partial charge in [0, 0.05) is 6.04 Å². The molecule has 1 rings (SSSR count). The van der Waals surface area contributed by atoms with Crippen molar-refractivity contribution in [2.24, 2.45) is 0 Å². The summed E-state index contributed by atoms with van der Waals surface area (Å²) >= 11 is 0. The van der Waals surface area contributed by atoms with Crippen LogP contribution in [0, 0.1) is 0 Å². The summed E-state index contributed by atoms with van der Waals surface area (Å²) < 4.78 is 4.49. The molecule has 2 atom stereocenters. The predicted molar refractivity (Wildman–Crippen MR) is 48.3 cm³/mol. The molecule has 1 saturated carbocycles. The molecule has 0 aromatic rings. The van der Waals surface area contributed by atoms with Gasteiger partial charge >= 0.3 is 5.97 Å². The maximum absolute atomic E-state index is 10.8. The second kappa shape index (κ2) is 5.19. The SMILES string of the molecule is COC(=O)CNC1CCCCC1O. The average molecular weight is 187 g/mol. The minimum atomic E-state index is -0.307. The van der Waals surface area contributed by atoms with Gasteiger partial charge in [0.05, 0.1) is 19.8 Å². The van der Waals surface area contributed by atoms with Crippen molar-refractivity contribution in [1.82, 2.24) is 5.32 Å². The van der Waals surface area contributed by atoms with Gasteiger partial charge in [0.1, 0.15) is 0 Å². The monoisotopic (exact) mass is 187 g/mol. The van der Waals surface area contributed by atoms with Crippen LogP contribution >= 0.6 is 0 Å². The van der Waals surface area contributed by atoms with Crippen LogP contribution in [0.2, 0.25) is 0 Å².